The number of nitrogens with zero attached hydrogens (tertiary/aromatic N) is 4. The molecule has 0 unspecified atom stereocenters. The standard InChI is InChI=1S/C18H19Br2NO.C16H12Br2F3NO.C14H11Br2NO2.C14H13BrN2O.2CH4/c1-18(2,3)14-6-4-12(5-7-14)10-21-11-13-8-15(19)9-16(20)17(13)22;1-23-15-11(6-13(17)7-14(15)18)9-22-8-10-2-4-12(5-3-10)16(19,20)21;15-10-6-11(13(18)12(16)7-10)14(19)17-8-9-4-2-1-3-5-9;1-10-6-14(18)11(7-13(10)15)8-16-9-12-4-2-3-5-17-12;;/h4-9,11,22H,10H2,1-3H3;2-7,9H,8H2,1H3;1-7,18H,8H2,(H,17,19);2-8,18H,9H2,1H3;2*1H4. The molecule has 10 nitrogen and oxygen atoms in total. The lowest BCUT2D eigenvalue weighted by Gasteiger charge is -2.18. The lowest BCUT2D eigenvalue weighted by Crippen LogP contribution is -2.22. The Morgan fingerprint density at radius 2 is 1.07 bits per heavy atom. The molecule has 7 aromatic carbocycles. The van der Waals surface area contributed by atoms with Gasteiger partial charge in [0.15, 0.2) is 0 Å². The van der Waals surface area contributed by atoms with Crippen LogP contribution in [0.25, 0.3) is 0 Å². The molecule has 8 aromatic rings. The summed E-state index contributed by atoms with van der Waals surface area (Å²) in [5, 5.41) is 32.4. The van der Waals surface area contributed by atoms with Crippen LogP contribution in [0, 0.1) is 6.92 Å². The quantitative estimate of drug-likeness (QED) is 0.0845. The molecular weight excluding hydrogens is 1540 g/mol. The Bertz CT molecular complexity index is 3500. The van der Waals surface area contributed by atoms with Gasteiger partial charge in [0.25, 0.3) is 5.91 Å². The second-order valence-electron chi connectivity index (χ2n) is 18.8. The van der Waals surface area contributed by atoms with Gasteiger partial charge >= 0.3 is 6.18 Å². The highest BCUT2D eigenvalue weighted by Gasteiger charge is 2.30. The maximum atomic E-state index is 12.5. The number of halogens is 10. The molecule has 0 fully saturated rings. The Kier molecular flexibility index (Phi) is 30.5. The number of hydrogen-bond donors (Lipinski definition) is 4. The number of phenolic OH excluding ortho intramolecular Hbond substituents is 3. The van der Waals surface area contributed by atoms with Gasteiger partial charge in [0.2, 0.25) is 0 Å². The first-order valence-electron chi connectivity index (χ1n) is 24.7. The van der Waals surface area contributed by atoms with Gasteiger partial charge in [0, 0.05) is 66.0 Å². The zero-order valence-electron chi connectivity index (χ0n) is 44.7. The van der Waals surface area contributed by atoms with Crippen molar-refractivity contribution in [2.75, 3.05) is 7.11 Å². The predicted molar refractivity (Wildman–Crippen MR) is 362 cm³/mol. The number of ether oxygens (including phenoxy) is 1. The average molecular weight is 1600 g/mol. The largest absolute Gasteiger partial charge is 0.507 e. The molecule has 0 radical (unpaired) electrons. The second kappa shape index (κ2) is 35.2. The number of aliphatic imine (C=N–C) groups is 3. The monoisotopic (exact) mass is 1590 g/mol. The molecular formula is C64H63Br7F3N5O5. The number of alkyl halides is 3. The minimum atomic E-state index is -4.32. The number of carbonyl (C=O) groups excluding carboxylic acids is 1. The number of methoxy groups -OCH3 is 1. The average Bonchev–Trinajstić information content (AvgIpc) is 3.64. The Morgan fingerprint density at radius 3 is 1.62 bits per heavy atom. The van der Waals surface area contributed by atoms with Crippen molar-refractivity contribution in [1.29, 1.82) is 0 Å². The van der Waals surface area contributed by atoms with Gasteiger partial charge in [-0.25, -0.2) is 0 Å². The summed E-state index contributed by atoms with van der Waals surface area (Å²) < 4.78 is 48.2. The van der Waals surface area contributed by atoms with Crippen LogP contribution in [-0.2, 0) is 37.8 Å². The summed E-state index contributed by atoms with van der Waals surface area (Å²) in [4.78, 5) is 29.2. The van der Waals surface area contributed by atoms with Gasteiger partial charge in [0.1, 0.15) is 23.0 Å². The van der Waals surface area contributed by atoms with Gasteiger partial charge < -0.3 is 25.4 Å². The van der Waals surface area contributed by atoms with Crippen LogP contribution in [0.5, 0.6) is 23.0 Å². The van der Waals surface area contributed by atoms with E-state index in [0.29, 0.717) is 51.0 Å². The molecule has 444 valence electrons. The first-order chi connectivity index (χ1) is 38.8. The molecule has 0 aliphatic carbocycles. The van der Waals surface area contributed by atoms with E-state index < -0.39 is 11.7 Å². The summed E-state index contributed by atoms with van der Waals surface area (Å²) in [6.07, 6.45) is 2.41. The van der Waals surface area contributed by atoms with Crippen molar-refractivity contribution in [2.45, 2.75) is 80.3 Å². The van der Waals surface area contributed by atoms with Crippen molar-refractivity contribution in [3.63, 3.8) is 0 Å². The lowest BCUT2D eigenvalue weighted by atomic mass is 9.87. The number of benzene rings is 7. The highest BCUT2D eigenvalue weighted by molar-refractivity contribution is 9.12. The number of aromatic nitrogens is 1. The van der Waals surface area contributed by atoms with Crippen LogP contribution < -0.4 is 10.1 Å². The summed E-state index contributed by atoms with van der Waals surface area (Å²) in [7, 11) is 1.56. The summed E-state index contributed by atoms with van der Waals surface area (Å²) in [5.41, 5.74) is 7.94. The smallest absolute Gasteiger partial charge is 0.416 e. The fourth-order valence-electron chi connectivity index (χ4n) is 7.11. The van der Waals surface area contributed by atoms with Crippen molar-refractivity contribution < 1.29 is 38.0 Å². The summed E-state index contributed by atoms with van der Waals surface area (Å²) in [6, 6.07) is 43.0. The third-order valence-corrected chi connectivity index (χ3v) is 15.5. The number of hydrogen-bond acceptors (Lipinski definition) is 9. The molecule has 0 bridgehead atoms. The Balaban J connectivity index is 0.000000292. The molecule has 4 N–H and O–H groups in total. The number of carbonyl (C=O) groups is 1. The van der Waals surface area contributed by atoms with Gasteiger partial charge in [0.05, 0.1) is 57.0 Å². The minimum absolute atomic E-state index is 0. The fraction of sp³-hybridized carbons (Fsp3) is 0.203. The van der Waals surface area contributed by atoms with E-state index in [1.807, 2.05) is 79.7 Å². The molecule has 84 heavy (non-hydrogen) atoms. The summed E-state index contributed by atoms with van der Waals surface area (Å²) in [6.45, 7) is 10.3. The molecule has 0 saturated carbocycles. The van der Waals surface area contributed by atoms with E-state index in [0.717, 1.165) is 62.4 Å². The zero-order valence-corrected chi connectivity index (χ0v) is 55.8. The van der Waals surface area contributed by atoms with Gasteiger partial charge in [-0.1, -0.05) is 172 Å². The van der Waals surface area contributed by atoms with Crippen molar-refractivity contribution in [2.24, 2.45) is 15.0 Å². The van der Waals surface area contributed by atoms with E-state index in [-0.39, 0.29) is 55.5 Å². The van der Waals surface area contributed by atoms with Gasteiger partial charge in [-0.3, -0.25) is 24.8 Å². The predicted octanol–water partition coefficient (Wildman–Crippen LogP) is 20.3. The van der Waals surface area contributed by atoms with Crippen LogP contribution in [0.3, 0.4) is 0 Å². The zero-order chi connectivity index (χ0) is 60.1. The van der Waals surface area contributed by atoms with Crippen molar-refractivity contribution >= 4 is 136 Å². The van der Waals surface area contributed by atoms with Crippen molar-refractivity contribution in [3.05, 3.63) is 244 Å². The van der Waals surface area contributed by atoms with E-state index in [1.165, 1.54) is 17.7 Å². The highest BCUT2D eigenvalue weighted by atomic mass is 79.9. The van der Waals surface area contributed by atoms with E-state index in [1.54, 1.807) is 56.2 Å². The van der Waals surface area contributed by atoms with Gasteiger partial charge in [-0.15, -0.1) is 0 Å². The molecule has 20 heteroatoms. The lowest BCUT2D eigenvalue weighted by molar-refractivity contribution is -0.137. The fourth-order valence-corrected chi connectivity index (χ4v) is 11.4. The minimum Gasteiger partial charge on any atom is -0.507 e. The first kappa shape index (κ1) is 72.8. The van der Waals surface area contributed by atoms with Gasteiger partial charge in [-0.05, 0) is 161 Å². The van der Waals surface area contributed by atoms with E-state index in [4.69, 9.17) is 4.74 Å². The molecule has 8 rings (SSSR count). The highest BCUT2D eigenvalue weighted by Crippen LogP contribution is 2.35. The van der Waals surface area contributed by atoms with Crippen molar-refractivity contribution in [3.8, 4) is 23.0 Å². The number of phenols is 3. The molecule has 0 saturated heterocycles. The number of aromatic hydroxyl groups is 3. The SMILES string of the molecule is C.C.CC(C)(C)c1ccc(CN=Cc2cc(Br)cc(Br)c2O)cc1.COc1c(Br)cc(Br)cc1C=NCc1ccc(C(F)(F)F)cc1.Cc1cc(O)c(C=NCc2ccccn2)cc1Br.O=C(NCc1ccccc1)c1cc(Br)cc(Br)c1O. The maximum absolute atomic E-state index is 12.5. The maximum Gasteiger partial charge on any atom is 0.416 e. The molecule has 0 aliphatic rings. The summed E-state index contributed by atoms with van der Waals surface area (Å²) in [5.74, 6) is 0.706. The normalized spacial score (nSPS) is 11.1. The van der Waals surface area contributed by atoms with E-state index in [9.17, 15) is 33.3 Å². The molecule has 1 amide bonds. The molecule has 1 heterocycles. The van der Waals surface area contributed by atoms with Crippen LogP contribution in [0.2, 0.25) is 0 Å². The van der Waals surface area contributed by atoms with Crippen LogP contribution in [0.15, 0.2) is 198 Å². The van der Waals surface area contributed by atoms with E-state index >= 15 is 0 Å². The third-order valence-electron chi connectivity index (χ3n) is 11.5. The number of nitrogens with one attached hydrogen (secondary N) is 1. The number of amides is 1. The number of rotatable bonds is 13. The van der Waals surface area contributed by atoms with Crippen LogP contribution in [-0.4, -0.2) is 52.0 Å². The third kappa shape index (κ3) is 23.8. The van der Waals surface area contributed by atoms with E-state index in [2.05, 4.69) is 182 Å². The van der Waals surface area contributed by atoms with Gasteiger partial charge in [-0.2, -0.15) is 13.2 Å². The Labute approximate surface area is 549 Å². The Morgan fingerprint density at radius 1 is 0.571 bits per heavy atom. The molecule has 0 spiro atoms. The van der Waals surface area contributed by atoms with Crippen LogP contribution >= 0.6 is 112 Å². The first-order valence-corrected chi connectivity index (χ1v) is 30.2. The van der Waals surface area contributed by atoms with Crippen LogP contribution in [0.1, 0.15) is 102 Å². The van der Waals surface area contributed by atoms with Crippen LogP contribution in [0.4, 0.5) is 13.2 Å². The summed E-state index contributed by atoms with van der Waals surface area (Å²) >= 11 is 23.4. The molecule has 1 aromatic heterocycles. The molecule has 0 atom stereocenters. The Hall–Kier alpha value is -5.48. The molecule has 0 aliphatic heterocycles. The number of aryl methyl sites for hydroxylation is 1. The topological polar surface area (TPSA) is 149 Å². The second-order valence-corrected chi connectivity index (χ2v) is 25.0. The van der Waals surface area contributed by atoms with Crippen molar-refractivity contribution in [1.82, 2.24) is 10.3 Å². The number of pyridine rings is 1.